The molecule has 3 atom stereocenters. The van der Waals surface area contributed by atoms with Gasteiger partial charge in [-0.25, -0.2) is 0 Å². The Morgan fingerprint density at radius 3 is 2.80 bits per heavy atom. The van der Waals surface area contributed by atoms with Crippen molar-refractivity contribution >= 4 is 17.6 Å². The molecule has 0 aromatic rings. The lowest BCUT2D eigenvalue weighted by atomic mass is 10.1. The first-order valence-corrected chi connectivity index (χ1v) is 10.1. The highest BCUT2D eigenvalue weighted by Gasteiger charge is 2.30. The first kappa shape index (κ1) is 22.2. The highest BCUT2D eigenvalue weighted by atomic mass is 35.5. The number of unbranched alkanes of at least 4 members (excludes halogenated alkanes) is 3. The Bertz CT molecular complexity index is 425. The van der Waals surface area contributed by atoms with Crippen molar-refractivity contribution in [3.63, 3.8) is 0 Å². The Hall–Kier alpha value is -0.840. The van der Waals surface area contributed by atoms with E-state index in [1.165, 1.54) is 12.8 Å². The molecule has 2 N–H and O–H groups in total. The molecule has 1 fully saturated rings. The Labute approximate surface area is 157 Å². The molecule has 1 heterocycles. The molecule has 144 valence electrons. The topological polar surface area (TPSA) is 60.8 Å². The van der Waals surface area contributed by atoms with E-state index in [1.54, 1.807) is 0 Å². The van der Waals surface area contributed by atoms with Gasteiger partial charge in [0, 0.05) is 25.6 Å². The van der Waals surface area contributed by atoms with Gasteiger partial charge in [0.25, 0.3) is 0 Å². The molecular formula is C20H34ClNO3. The predicted molar refractivity (Wildman–Crippen MR) is 104 cm³/mol. The summed E-state index contributed by atoms with van der Waals surface area (Å²) in [6.45, 7) is 3.98. The van der Waals surface area contributed by atoms with Crippen LogP contribution in [0.2, 0.25) is 0 Å². The minimum absolute atomic E-state index is 0.159. The summed E-state index contributed by atoms with van der Waals surface area (Å²) < 4.78 is 0. The van der Waals surface area contributed by atoms with Crippen molar-refractivity contribution in [2.45, 2.75) is 82.2 Å². The van der Waals surface area contributed by atoms with Gasteiger partial charge >= 0.3 is 5.97 Å². The second kappa shape index (κ2) is 13.4. The fraction of sp³-hybridized carbons (Fsp3) is 0.750. The zero-order chi connectivity index (χ0) is 18.5. The minimum atomic E-state index is -0.736. The summed E-state index contributed by atoms with van der Waals surface area (Å²) in [7, 11) is 0. The summed E-state index contributed by atoms with van der Waals surface area (Å²) >= 11 is 6.45. The van der Waals surface area contributed by atoms with Gasteiger partial charge in [-0.2, -0.15) is 0 Å². The van der Waals surface area contributed by atoms with Gasteiger partial charge in [-0.1, -0.05) is 50.5 Å². The Morgan fingerprint density at radius 2 is 2.08 bits per heavy atom. The highest BCUT2D eigenvalue weighted by Crippen LogP contribution is 2.25. The van der Waals surface area contributed by atoms with Crippen LogP contribution >= 0.6 is 11.6 Å². The molecule has 0 aromatic heterocycles. The number of carboxylic acid groups (broad SMARTS) is 1. The number of carbonyl (C=O) groups is 1. The van der Waals surface area contributed by atoms with Crippen molar-refractivity contribution in [2.75, 3.05) is 13.1 Å². The summed E-state index contributed by atoms with van der Waals surface area (Å²) in [5.41, 5.74) is 0. The molecule has 1 aliphatic heterocycles. The standard InChI is InChI=1S/C20H34ClNO3/c1-2-3-6-10-17(23)11-9-15-22-16-14-18(21)19(22)12-7-4-5-8-13-20(24)25/h4,7,9,11,17-19,23H,2-3,5-6,8,10,12-16H2,1H3,(H,24,25)/t17-,18-,19+/m1/s1. The van der Waals surface area contributed by atoms with E-state index in [2.05, 4.69) is 30.1 Å². The number of aliphatic carboxylic acids is 1. The maximum absolute atomic E-state index is 10.5. The van der Waals surface area contributed by atoms with Gasteiger partial charge in [0.2, 0.25) is 0 Å². The number of nitrogens with zero attached hydrogens (tertiary/aromatic N) is 1. The Kier molecular flexibility index (Phi) is 11.9. The van der Waals surface area contributed by atoms with Gasteiger partial charge in [-0.05, 0) is 32.1 Å². The average Bonchev–Trinajstić information content (AvgIpc) is 2.91. The molecule has 4 nitrogen and oxygen atoms in total. The highest BCUT2D eigenvalue weighted by molar-refractivity contribution is 6.21. The third-order valence-corrected chi connectivity index (χ3v) is 5.19. The Morgan fingerprint density at radius 1 is 1.28 bits per heavy atom. The molecule has 1 aliphatic rings. The molecule has 1 rings (SSSR count). The lowest BCUT2D eigenvalue weighted by molar-refractivity contribution is -0.137. The van der Waals surface area contributed by atoms with Crippen molar-refractivity contribution in [1.82, 2.24) is 4.90 Å². The largest absolute Gasteiger partial charge is 0.481 e. The van der Waals surface area contributed by atoms with E-state index in [-0.39, 0.29) is 17.9 Å². The van der Waals surface area contributed by atoms with E-state index in [1.807, 2.05) is 6.08 Å². The first-order valence-electron chi connectivity index (χ1n) is 9.64. The van der Waals surface area contributed by atoms with Gasteiger partial charge in [0.05, 0.1) is 11.5 Å². The van der Waals surface area contributed by atoms with Crippen molar-refractivity contribution in [2.24, 2.45) is 0 Å². The number of aliphatic hydroxyl groups excluding tert-OH is 1. The number of alkyl halides is 1. The van der Waals surface area contributed by atoms with Crippen LogP contribution in [0.1, 0.15) is 64.7 Å². The number of rotatable bonds is 13. The number of likely N-dealkylation sites (tertiary alicyclic amines) is 1. The second-order valence-corrected chi connectivity index (χ2v) is 7.41. The molecule has 0 aromatic carbocycles. The fourth-order valence-electron chi connectivity index (χ4n) is 3.18. The number of hydrogen-bond acceptors (Lipinski definition) is 3. The average molecular weight is 372 g/mol. The summed E-state index contributed by atoms with van der Waals surface area (Å²) in [5.74, 6) is -0.736. The maximum Gasteiger partial charge on any atom is 0.303 e. The van der Waals surface area contributed by atoms with E-state index >= 15 is 0 Å². The van der Waals surface area contributed by atoms with E-state index in [0.717, 1.165) is 45.2 Å². The van der Waals surface area contributed by atoms with Crippen molar-refractivity contribution in [1.29, 1.82) is 0 Å². The van der Waals surface area contributed by atoms with Crippen LogP contribution < -0.4 is 0 Å². The molecule has 0 radical (unpaired) electrons. The molecule has 0 aliphatic carbocycles. The molecule has 0 unspecified atom stereocenters. The van der Waals surface area contributed by atoms with Crippen molar-refractivity contribution < 1.29 is 15.0 Å². The van der Waals surface area contributed by atoms with Gasteiger partial charge in [0.1, 0.15) is 0 Å². The van der Waals surface area contributed by atoms with Gasteiger partial charge in [0.15, 0.2) is 0 Å². The smallest absolute Gasteiger partial charge is 0.303 e. The number of aliphatic hydroxyl groups is 1. The monoisotopic (exact) mass is 371 g/mol. The number of carboxylic acids is 1. The quantitative estimate of drug-likeness (QED) is 0.287. The number of hydrogen-bond donors (Lipinski definition) is 2. The third kappa shape index (κ3) is 10.0. The number of allylic oxidation sites excluding steroid dienone is 1. The van der Waals surface area contributed by atoms with Crippen LogP contribution in [0.4, 0.5) is 0 Å². The summed E-state index contributed by atoms with van der Waals surface area (Å²) in [4.78, 5) is 12.8. The Balaban J connectivity index is 2.30. The summed E-state index contributed by atoms with van der Waals surface area (Å²) in [6.07, 6.45) is 15.7. The number of halogens is 1. The molecule has 0 bridgehead atoms. The van der Waals surface area contributed by atoms with Crippen LogP contribution in [0.25, 0.3) is 0 Å². The van der Waals surface area contributed by atoms with Gasteiger partial charge in [-0.3, -0.25) is 9.69 Å². The normalized spacial score (nSPS) is 23.0. The van der Waals surface area contributed by atoms with Crippen molar-refractivity contribution in [3.8, 4) is 0 Å². The SMILES string of the molecule is CCCCC[C@@H](O)C=CCN1CC[C@@H](Cl)[C@@H]1CC=CCCCC(=O)O. The molecule has 5 heteroatoms. The zero-order valence-electron chi connectivity index (χ0n) is 15.4. The summed E-state index contributed by atoms with van der Waals surface area (Å²) in [5, 5.41) is 18.7. The lowest BCUT2D eigenvalue weighted by Crippen LogP contribution is -2.33. The molecule has 0 saturated carbocycles. The van der Waals surface area contributed by atoms with Gasteiger partial charge in [-0.15, -0.1) is 11.6 Å². The van der Waals surface area contributed by atoms with Crippen LogP contribution in [0.15, 0.2) is 24.3 Å². The molecule has 0 amide bonds. The molecule has 25 heavy (non-hydrogen) atoms. The maximum atomic E-state index is 10.5. The third-order valence-electron chi connectivity index (χ3n) is 4.69. The van der Waals surface area contributed by atoms with E-state index in [0.29, 0.717) is 12.5 Å². The molecular weight excluding hydrogens is 338 g/mol. The van der Waals surface area contributed by atoms with Crippen LogP contribution in [0.3, 0.4) is 0 Å². The van der Waals surface area contributed by atoms with Crippen LogP contribution in [-0.2, 0) is 4.79 Å². The van der Waals surface area contributed by atoms with Crippen LogP contribution in [0.5, 0.6) is 0 Å². The van der Waals surface area contributed by atoms with Crippen molar-refractivity contribution in [3.05, 3.63) is 24.3 Å². The molecule has 0 spiro atoms. The lowest BCUT2D eigenvalue weighted by Gasteiger charge is -2.23. The summed E-state index contributed by atoms with van der Waals surface area (Å²) in [6, 6.07) is 0.319. The fourth-order valence-corrected chi connectivity index (χ4v) is 3.54. The minimum Gasteiger partial charge on any atom is -0.481 e. The van der Waals surface area contributed by atoms with E-state index in [9.17, 15) is 9.90 Å². The molecule has 1 saturated heterocycles. The van der Waals surface area contributed by atoms with Gasteiger partial charge < -0.3 is 10.2 Å². The van der Waals surface area contributed by atoms with E-state index in [4.69, 9.17) is 16.7 Å². The first-order chi connectivity index (χ1) is 12.0. The second-order valence-electron chi connectivity index (χ2n) is 6.85. The van der Waals surface area contributed by atoms with Crippen LogP contribution in [0, 0.1) is 0 Å². The predicted octanol–water partition coefficient (Wildman–Crippen LogP) is 4.37. The zero-order valence-corrected chi connectivity index (χ0v) is 16.2. The van der Waals surface area contributed by atoms with E-state index < -0.39 is 5.97 Å². The van der Waals surface area contributed by atoms with Crippen LogP contribution in [-0.4, -0.2) is 51.7 Å².